The molecule has 0 saturated heterocycles. The average molecular weight is 330 g/mol. The van der Waals surface area contributed by atoms with E-state index in [1.807, 2.05) is 29.8 Å². The first-order valence-electron chi connectivity index (χ1n) is 5.59. The van der Waals surface area contributed by atoms with Crippen LogP contribution in [0, 0.1) is 0 Å². The number of benzene rings is 1. The van der Waals surface area contributed by atoms with E-state index >= 15 is 0 Å². The molecule has 1 atom stereocenters. The van der Waals surface area contributed by atoms with Gasteiger partial charge in [-0.2, -0.15) is 0 Å². The van der Waals surface area contributed by atoms with Crippen LogP contribution in [0.15, 0.2) is 29.0 Å². The van der Waals surface area contributed by atoms with Crippen molar-refractivity contribution in [1.82, 2.24) is 20.1 Å². The van der Waals surface area contributed by atoms with Gasteiger partial charge in [-0.15, -0.1) is 10.2 Å². The van der Waals surface area contributed by atoms with Gasteiger partial charge in [0.2, 0.25) is 0 Å². The van der Waals surface area contributed by atoms with Crippen molar-refractivity contribution in [1.29, 1.82) is 0 Å². The zero-order valence-corrected chi connectivity index (χ0v) is 12.5. The third kappa shape index (κ3) is 3.10. The smallest absolute Gasteiger partial charge is 0.149 e. The molecular formula is C12H14BrClN4. The molecule has 0 aliphatic heterocycles. The summed E-state index contributed by atoms with van der Waals surface area (Å²) in [6, 6.07) is 5.92. The zero-order valence-electron chi connectivity index (χ0n) is 10.2. The highest BCUT2D eigenvalue weighted by molar-refractivity contribution is 9.10. The molecule has 0 radical (unpaired) electrons. The molecule has 1 heterocycles. The highest BCUT2D eigenvalue weighted by Crippen LogP contribution is 2.22. The van der Waals surface area contributed by atoms with Crippen LogP contribution in [0.25, 0.3) is 0 Å². The van der Waals surface area contributed by atoms with Gasteiger partial charge in [0.1, 0.15) is 12.2 Å². The lowest BCUT2D eigenvalue weighted by atomic mass is 10.2. The maximum Gasteiger partial charge on any atom is 0.149 e. The quantitative estimate of drug-likeness (QED) is 0.937. The topological polar surface area (TPSA) is 42.7 Å². The van der Waals surface area contributed by atoms with Crippen molar-refractivity contribution in [2.75, 3.05) is 0 Å². The van der Waals surface area contributed by atoms with E-state index in [1.54, 1.807) is 6.33 Å². The van der Waals surface area contributed by atoms with Crippen LogP contribution in [0.5, 0.6) is 0 Å². The summed E-state index contributed by atoms with van der Waals surface area (Å²) in [5.74, 6) is 0.917. The minimum atomic E-state index is 0.139. The molecule has 2 rings (SSSR count). The summed E-state index contributed by atoms with van der Waals surface area (Å²) >= 11 is 9.41. The highest BCUT2D eigenvalue weighted by Gasteiger charge is 2.11. The van der Waals surface area contributed by atoms with E-state index in [0.717, 1.165) is 27.4 Å². The summed E-state index contributed by atoms with van der Waals surface area (Å²) in [4.78, 5) is 0. The van der Waals surface area contributed by atoms with Crippen molar-refractivity contribution in [3.05, 3.63) is 45.4 Å². The number of hydrogen-bond acceptors (Lipinski definition) is 3. The third-order valence-corrected chi connectivity index (χ3v) is 3.72. The van der Waals surface area contributed by atoms with E-state index in [4.69, 9.17) is 11.6 Å². The first kappa shape index (κ1) is 13.5. The van der Waals surface area contributed by atoms with E-state index < -0.39 is 0 Å². The lowest BCUT2D eigenvalue weighted by molar-refractivity contribution is 0.528. The van der Waals surface area contributed by atoms with Crippen molar-refractivity contribution in [2.24, 2.45) is 7.05 Å². The fourth-order valence-corrected chi connectivity index (χ4v) is 2.53. The minimum absolute atomic E-state index is 0.139. The number of aryl methyl sites for hydroxylation is 1. The van der Waals surface area contributed by atoms with Gasteiger partial charge in [-0.3, -0.25) is 0 Å². The molecule has 0 bridgehead atoms. The number of aromatic nitrogens is 3. The Morgan fingerprint density at radius 3 is 2.89 bits per heavy atom. The molecule has 0 aliphatic carbocycles. The van der Waals surface area contributed by atoms with E-state index in [-0.39, 0.29) is 6.04 Å². The maximum atomic E-state index is 5.91. The van der Waals surface area contributed by atoms with Crippen molar-refractivity contribution >= 4 is 27.5 Å². The summed E-state index contributed by atoms with van der Waals surface area (Å²) in [5, 5.41) is 12.1. The molecule has 4 nitrogen and oxygen atoms in total. The molecule has 0 aliphatic rings. The van der Waals surface area contributed by atoms with Gasteiger partial charge in [-0.1, -0.05) is 33.6 Å². The van der Waals surface area contributed by atoms with Crippen LogP contribution in [-0.2, 0) is 13.6 Å². The first-order chi connectivity index (χ1) is 8.58. The highest BCUT2D eigenvalue weighted by atomic mass is 79.9. The second-order valence-electron chi connectivity index (χ2n) is 4.14. The molecule has 0 fully saturated rings. The standard InChI is InChI=1S/C12H14BrClN4/c1-8(12-17-16-7-18(12)2)15-6-9-3-4-10(14)5-11(9)13/h3-5,7-8,15H,6H2,1-2H3. The molecule has 2 aromatic rings. The SMILES string of the molecule is CC(NCc1ccc(Cl)cc1Br)c1nncn1C. The minimum Gasteiger partial charge on any atom is -0.319 e. The summed E-state index contributed by atoms with van der Waals surface area (Å²) in [6.07, 6.45) is 1.70. The number of halogens is 2. The Hall–Kier alpha value is -0.910. The average Bonchev–Trinajstić information content (AvgIpc) is 2.74. The van der Waals surface area contributed by atoms with Crippen LogP contribution in [0.1, 0.15) is 24.4 Å². The van der Waals surface area contributed by atoms with Gasteiger partial charge < -0.3 is 9.88 Å². The van der Waals surface area contributed by atoms with Crippen LogP contribution in [-0.4, -0.2) is 14.8 Å². The number of hydrogen-bond donors (Lipinski definition) is 1. The third-order valence-electron chi connectivity index (χ3n) is 2.75. The van der Waals surface area contributed by atoms with Gasteiger partial charge in [0.05, 0.1) is 6.04 Å². The Morgan fingerprint density at radius 1 is 1.50 bits per heavy atom. The second kappa shape index (κ2) is 5.82. The molecule has 1 N–H and O–H groups in total. The molecule has 0 amide bonds. The van der Waals surface area contributed by atoms with Gasteiger partial charge in [-0.25, -0.2) is 0 Å². The molecule has 1 aromatic carbocycles. The van der Waals surface area contributed by atoms with Gasteiger partial charge in [0.25, 0.3) is 0 Å². The fraction of sp³-hybridized carbons (Fsp3) is 0.333. The molecule has 0 spiro atoms. The largest absolute Gasteiger partial charge is 0.319 e. The molecule has 96 valence electrons. The van der Waals surface area contributed by atoms with E-state index in [2.05, 4.69) is 38.4 Å². The van der Waals surface area contributed by atoms with Crippen molar-refractivity contribution in [2.45, 2.75) is 19.5 Å². The lowest BCUT2D eigenvalue weighted by Gasteiger charge is -2.13. The maximum absolute atomic E-state index is 5.91. The number of nitrogens with zero attached hydrogens (tertiary/aromatic N) is 3. The Balaban J connectivity index is 2.01. The summed E-state index contributed by atoms with van der Waals surface area (Å²) < 4.78 is 2.92. The zero-order chi connectivity index (χ0) is 13.1. The lowest BCUT2D eigenvalue weighted by Crippen LogP contribution is -2.21. The van der Waals surface area contributed by atoms with Gasteiger partial charge in [-0.05, 0) is 24.6 Å². The van der Waals surface area contributed by atoms with Crippen LogP contribution in [0.4, 0.5) is 0 Å². The molecule has 1 aromatic heterocycles. The summed E-state index contributed by atoms with van der Waals surface area (Å²) in [7, 11) is 1.94. The Labute approximate surface area is 119 Å². The van der Waals surface area contributed by atoms with Crippen molar-refractivity contribution in [3.63, 3.8) is 0 Å². The first-order valence-corrected chi connectivity index (χ1v) is 6.76. The summed E-state index contributed by atoms with van der Waals surface area (Å²) in [5.41, 5.74) is 1.16. The number of rotatable bonds is 4. The van der Waals surface area contributed by atoms with E-state index in [0.29, 0.717) is 0 Å². The second-order valence-corrected chi connectivity index (χ2v) is 5.43. The van der Waals surface area contributed by atoms with E-state index in [1.165, 1.54) is 0 Å². The molecular weight excluding hydrogens is 316 g/mol. The van der Waals surface area contributed by atoms with Crippen molar-refractivity contribution in [3.8, 4) is 0 Å². The van der Waals surface area contributed by atoms with Crippen LogP contribution >= 0.6 is 27.5 Å². The van der Waals surface area contributed by atoms with Crippen LogP contribution < -0.4 is 5.32 Å². The number of nitrogens with one attached hydrogen (secondary N) is 1. The molecule has 0 saturated carbocycles. The molecule has 18 heavy (non-hydrogen) atoms. The van der Waals surface area contributed by atoms with Crippen molar-refractivity contribution < 1.29 is 0 Å². The van der Waals surface area contributed by atoms with Gasteiger partial charge in [0.15, 0.2) is 0 Å². The van der Waals surface area contributed by atoms with Crippen LogP contribution in [0.3, 0.4) is 0 Å². The van der Waals surface area contributed by atoms with Gasteiger partial charge >= 0.3 is 0 Å². The van der Waals surface area contributed by atoms with Crippen LogP contribution in [0.2, 0.25) is 5.02 Å². The van der Waals surface area contributed by atoms with E-state index in [9.17, 15) is 0 Å². The summed E-state index contributed by atoms with van der Waals surface area (Å²) in [6.45, 7) is 2.81. The normalized spacial score (nSPS) is 12.7. The predicted octanol–water partition coefficient (Wildman–Crippen LogP) is 3.08. The Morgan fingerprint density at radius 2 is 2.28 bits per heavy atom. The fourth-order valence-electron chi connectivity index (χ4n) is 1.70. The van der Waals surface area contributed by atoms with Gasteiger partial charge in [0, 0.05) is 23.1 Å². The predicted molar refractivity (Wildman–Crippen MR) is 75.4 cm³/mol. The Kier molecular flexibility index (Phi) is 4.37. The Bertz CT molecular complexity index is 541. The molecule has 6 heteroatoms. The molecule has 1 unspecified atom stereocenters. The monoisotopic (exact) mass is 328 g/mol.